The number of carbonyl (C=O) groups is 2. The van der Waals surface area contributed by atoms with Gasteiger partial charge in [-0.25, -0.2) is 0 Å². The van der Waals surface area contributed by atoms with Crippen molar-refractivity contribution in [2.75, 3.05) is 47.5 Å². The summed E-state index contributed by atoms with van der Waals surface area (Å²) >= 11 is 0. The predicted octanol–water partition coefficient (Wildman–Crippen LogP) is 22.2. The van der Waals surface area contributed by atoms with Crippen LogP contribution in [0, 0.1) is 0 Å². The van der Waals surface area contributed by atoms with E-state index in [1.165, 1.54) is 167 Å². The van der Waals surface area contributed by atoms with E-state index in [4.69, 9.17) is 18.5 Å². The van der Waals surface area contributed by atoms with Gasteiger partial charge in [-0.15, -0.1) is 0 Å². The lowest BCUT2D eigenvalue weighted by molar-refractivity contribution is -0.870. The summed E-state index contributed by atoms with van der Waals surface area (Å²) in [5.74, 6) is -0.840. The highest BCUT2D eigenvalue weighted by atomic mass is 31.2. The standard InChI is InChI=1S/C75H132NO8P/c1-6-8-10-12-14-16-18-20-22-24-26-28-30-32-34-35-36-37-38-39-40-41-42-44-46-48-50-52-54-56-58-60-62-64-66-68-75(78)84-73(72-83-85(79,80)82-70-69-76(3,4)5)71-81-74(77)67-65-63-61-59-57-55-53-51-49-47-45-43-33-31-29-27-25-23-21-19-17-15-13-11-9-7-2/h8,10,14,16,20,22,26,28,32,34,36-37,39-40,42,44,48,50,73H,6-7,9,11-13,15,17-19,21,23-25,27,29-31,33,35,38,41,43,45-47,49,51-72H2,1-5H3/b10-8-,16-14-,22-20-,28-26-,34-32-,37-36-,40-39-,44-42-,50-48-. The van der Waals surface area contributed by atoms with Gasteiger partial charge >= 0.3 is 11.9 Å². The van der Waals surface area contributed by atoms with Gasteiger partial charge in [-0.1, -0.05) is 316 Å². The maximum atomic E-state index is 12.9. The van der Waals surface area contributed by atoms with Crippen LogP contribution in [0.3, 0.4) is 0 Å². The van der Waals surface area contributed by atoms with Crippen molar-refractivity contribution in [1.29, 1.82) is 0 Å². The third kappa shape index (κ3) is 69.6. The van der Waals surface area contributed by atoms with Crippen molar-refractivity contribution in [1.82, 2.24) is 0 Å². The number of likely N-dealkylation sites (N-methyl/N-ethyl adjacent to an activating group) is 1. The molecule has 0 saturated heterocycles. The van der Waals surface area contributed by atoms with Gasteiger partial charge in [-0.3, -0.25) is 14.2 Å². The molecule has 0 N–H and O–H groups in total. The fraction of sp³-hybridized carbons (Fsp3) is 0.733. The lowest BCUT2D eigenvalue weighted by atomic mass is 10.0. The van der Waals surface area contributed by atoms with Gasteiger partial charge in [0.1, 0.15) is 19.8 Å². The molecule has 10 heteroatoms. The number of rotatable bonds is 64. The average Bonchev–Trinajstić information content (AvgIpc) is 3.51. The SMILES string of the molecule is CC/C=C\C/C=C\C/C=C\C/C=C\C/C=C\C/C=C\C/C=C\C/C=C\C/C=C\CCCCCCCCCC(=O)OC(COC(=O)CCCCCCCCCCCCCCCCCCCCCCCCCCCC)COP(=O)([O-])OCC[N+](C)(C)C. The van der Waals surface area contributed by atoms with E-state index in [9.17, 15) is 19.0 Å². The van der Waals surface area contributed by atoms with Gasteiger partial charge in [0.15, 0.2) is 6.10 Å². The van der Waals surface area contributed by atoms with E-state index in [0.29, 0.717) is 17.4 Å². The van der Waals surface area contributed by atoms with Crippen LogP contribution in [-0.2, 0) is 32.7 Å². The van der Waals surface area contributed by atoms with Crippen molar-refractivity contribution < 1.29 is 42.1 Å². The third-order valence-corrected chi connectivity index (χ3v) is 16.0. The van der Waals surface area contributed by atoms with Gasteiger partial charge in [0, 0.05) is 12.8 Å². The Hall–Kier alpha value is -3.33. The molecule has 0 rings (SSSR count). The van der Waals surface area contributed by atoms with E-state index < -0.39 is 26.5 Å². The highest BCUT2D eigenvalue weighted by Gasteiger charge is 2.22. The van der Waals surface area contributed by atoms with Crippen molar-refractivity contribution in [2.24, 2.45) is 0 Å². The summed E-state index contributed by atoms with van der Waals surface area (Å²) in [6, 6.07) is 0. The van der Waals surface area contributed by atoms with Gasteiger partial charge in [0.2, 0.25) is 0 Å². The largest absolute Gasteiger partial charge is 0.756 e. The van der Waals surface area contributed by atoms with Crippen LogP contribution in [0.4, 0.5) is 0 Å². The zero-order valence-electron chi connectivity index (χ0n) is 55.8. The van der Waals surface area contributed by atoms with E-state index >= 15 is 0 Å². The minimum Gasteiger partial charge on any atom is -0.756 e. The molecule has 0 fully saturated rings. The molecule has 2 unspecified atom stereocenters. The van der Waals surface area contributed by atoms with E-state index in [2.05, 4.69) is 123 Å². The van der Waals surface area contributed by atoms with Gasteiger partial charge in [-0.2, -0.15) is 0 Å². The van der Waals surface area contributed by atoms with Crippen molar-refractivity contribution in [3.63, 3.8) is 0 Å². The van der Waals surface area contributed by atoms with Crippen molar-refractivity contribution >= 4 is 19.8 Å². The Balaban J connectivity index is 4.11. The highest BCUT2D eigenvalue weighted by Crippen LogP contribution is 2.38. The predicted molar refractivity (Wildman–Crippen MR) is 365 cm³/mol. The van der Waals surface area contributed by atoms with Crippen LogP contribution < -0.4 is 4.89 Å². The molecule has 0 aromatic rings. The van der Waals surface area contributed by atoms with Gasteiger partial charge in [0.25, 0.3) is 7.82 Å². The smallest absolute Gasteiger partial charge is 0.306 e. The Labute approximate surface area is 525 Å². The molecule has 490 valence electrons. The van der Waals surface area contributed by atoms with Crippen molar-refractivity contribution in [3.05, 3.63) is 109 Å². The fourth-order valence-corrected chi connectivity index (χ4v) is 10.4. The van der Waals surface area contributed by atoms with Gasteiger partial charge in [0.05, 0.1) is 27.7 Å². The molecule has 0 aromatic carbocycles. The molecule has 0 aliphatic heterocycles. The molecular formula is C75H132NO8P. The number of hydrogen-bond donors (Lipinski definition) is 0. The first kappa shape index (κ1) is 81.7. The normalized spacial score (nSPS) is 13.8. The topological polar surface area (TPSA) is 111 Å². The molecule has 0 bridgehead atoms. The maximum absolute atomic E-state index is 12.9. The van der Waals surface area contributed by atoms with Gasteiger partial charge in [-0.05, 0) is 83.5 Å². The average molecular weight is 1210 g/mol. The number of unbranched alkanes of at least 4 members (excludes halogenated alkanes) is 32. The summed E-state index contributed by atoms with van der Waals surface area (Å²) in [7, 11) is 1.16. The first-order valence-corrected chi connectivity index (χ1v) is 36.6. The third-order valence-electron chi connectivity index (χ3n) is 15.1. The Morgan fingerprint density at radius 3 is 1.00 bits per heavy atom. The summed E-state index contributed by atoms with van der Waals surface area (Å²) in [5.41, 5.74) is 0. The highest BCUT2D eigenvalue weighted by molar-refractivity contribution is 7.45. The van der Waals surface area contributed by atoms with Crippen LogP contribution in [-0.4, -0.2) is 70.0 Å². The molecule has 0 saturated carbocycles. The minimum absolute atomic E-state index is 0.0367. The second kappa shape index (κ2) is 65.1. The summed E-state index contributed by atoms with van der Waals surface area (Å²) in [6.07, 6.45) is 91.6. The van der Waals surface area contributed by atoms with Gasteiger partial charge < -0.3 is 27.9 Å². The van der Waals surface area contributed by atoms with E-state index in [0.717, 1.165) is 103 Å². The summed E-state index contributed by atoms with van der Waals surface area (Å²) in [5, 5.41) is 0. The molecule has 2 atom stereocenters. The van der Waals surface area contributed by atoms with Crippen molar-refractivity contribution in [2.45, 2.75) is 309 Å². The van der Waals surface area contributed by atoms with Crippen LogP contribution in [0.15, 0.2) is 109 Å². The van der Waals surface area contributed by atoms with Crippen LogP contribution in [0.1, 0.15) is 303 Å². The summed E-state index contributed by atoms with van der Waals surface area (Å²) < 4.78 is 34.3. The lowest BCUT2D eigenvalue weighted by Gasteiger charge is -2.28. The van der Waals surface area contributed by atoms with Crippen LogP contribution in [0.2, 0.25) is 0 Å². The molecule has 0 aliphatic rings. The number of allylic oxidation sites excluding steroid dienone is 18. The lowest BCUT2D eigenvalue weighted by Crippen LogP contribution is -2.37. The quantitative estimate of drug-likeness (QED) is 0.0195. The summed E-state index contributed by atoms with van der Waals surface area (Å²) in [6.45, 7) is 4.14. The second-order valence-electron chi connectivity index (χ2n) is 24.5. The Kier molecular flexibility index (Phi) is 62.6. The number of esters is 2. The maximum Gasteiger partial charge on any atom is 0.306 e. The molecule has 0 heterocycles. The molecule has 85 heavy (non-hydrogen) atoms. The molecule has 0 radical (unpaired) electrons. The number of quaternary nitrogens is 1. The number of nitrogens with zero attached hydrogens (tertiary/aromatic N) is 1. The zero-order chi connectivity index (χ0) is 61.9. The minimum atomic E-state index is -4.65. The summed E-state index contributed by atoms with van der Waals surface area (Å²) in [4.78, 5) is 38.1. The van der Waals surface area contributed by atoms with Crippen molar-refractivity contribution in [3.8, 4) is 0 Å². The molecule has 0 spiro atoms. The fourth-order valence-electron chi connectivity index (χ4n) is 9.71. The monoisotopic (exact) mass is 1210 g/mol. The number of carbonyl (C=O) groups excluding carboxylic acids is 2. The number of ether oxygens (including phenoxy) is 2. The molecular weight excluding hydrogens is 1070 g/mol. The Morgan fingerprint density at radius 2 is 0.671 bits per heavy atom. The molecule has 9 nitrogen and oxygen atoms in total. The Morgan fingerprint density at radius 1 is 0.376 bits per heavy atom. The number of phosphoric acid groups is 1. The van der Waals surface area contributed by atoms with E-state index in [1.54, 1.807) is 0 Å². The number of phosphoric ester groups is 1. The Bertz CT molecular complexity index is 1800. The number of hydrogen-bond acceptors (Lipinski definition) is 8. The molecule has 0 aromatic heterocycles. The first-order valence-electron chi connectivity index (χ1n) is 35.1. The zero-order valence-corrected chi connectivity index (χ0v) is 56.7. The molecule has 0 amide bonds. The van der Waals surface area contributed by atoms with Crippen LogP contribution >= 0.6 is 7.82 Å². The van der Waals surface area contributed by atoms with Crippen LogP contribution in [0.25, 0.3) is 0 Å². The molecule has 0 aliphatic carbocycles. The first-order chi connectivity index (χ1) is 41.5. The van der Waals surface area contributed by atoms with E-state index in [1.807, 2.05) is 21.1 Å². The second-order valence-corrected chi connectivity index (χ2v) is 25.9. The van der Waals surface area contributed by atoms with Crippen LogP contribution in [0.5, 0.6) is 0 Å². The van der Waals surface area contributed by atoms with E-state index in [-0.39, 0.29) is 32.0 Å².